The van der Waals surface area contributed by atoms with E-state index in [2.05, 4.69) is 6.08 Å². The van der Waals surface area contributed by atoms with E-state index >= 15 is 0 Å². The van der Waals surface area contributed by atoms with Crippen LogP contribution in [0, 0.1) is 0 Å². The molecular formula is C21H28O7. The van der Waals surface area contributed by atoms with Crippen LogP contribution < -0.4 is 9.47 Å². The Morgan fingerprint density at radius 3 is 2.25 bits per heavy atom. The highest BCUT2D eigenvalue weighted by Gasteiger charge is 2.49. The van der Waals surface area contributed by atoms with Crippen LogP contribution in [-0.2, 0) is 23.7 Å². The maximum Gasteiger partial charge on any atom is 0.125 e. The fourth-order valence-corrected chi connectivity index (χ4v) is 4.68. The molecule has 0 aliphatic carbocycles. The number of ether oxygens (including phenoxy) is 7. The van der Waals surface area contributed by atoms with Gasteiger partial charge in [0.2, 0.25) is 0 Å². The second-order valence-corrected chi connectivity index (χ2v) is 7.23. The van der Waals surface area contributed by atoms with Gasteiger partial charge in [0.15, 0.2) is 0 Å². The van der Waals surface area contributed by atoms with Gasteiger partial charge in [-0.15, -0.1) is 0 Å². The minimum absolute atomic E-state index is 0.0874. The number of rotatable bonds is 7. The lowest BCUT2D eigenvalue weighted by Crippen LogP contribution is -2.52. The van der Waals surface area contributed by atoms with Crippen LogP contribution in [-0.4, -0.2) is 66.6 Å². The molecule has 154 valence electrons. The molecule has 28 heavy (non-hydrogen) atoms. The van der Waals surface area contributed by atoms with Gasteiger partial charge in [-0.05, 0) is 23.8 Å². The Balaban J connectivity index is 1.65. The van der Waals surface area contributed by atoms with E-state index in [0.717, 1.165) is 28.2 Å². The van der Waals surface area contributed by atoms with E-state index in [4.69, 9.17) is 33.2 Å². The van der Waals surface area contributed by atoms with Crippen LogP contribution in [0.4, 0.5) is 0 Å². The van der Waals surface area contributed by atoms with E-state index in [1.807, 2.05) is 12.1 Å². The molecule has 7 nitrogen and oxygen atoms in total. The van der Waals surface area contributed by atoms with Crippen molar-refractivity contribution in [1.82, 2.24) is 0 Å². The molecule has 0 N–H and O–H groups in total. The maximum absolute atomic E-state index is 6.39. The van der Waals surface area contributed by atoms with Crippen molar-refractivity contribution in [3.63, 3.8) is 0 Å². The molecule has 0 unspecified atom stereocenters. The third kappa shape index (κ3) is 3.02. The Labute approximate surface area is 165 Å². The molecule has 0 spiro atoms. The zero-order chi connectivity index (χ0) is 19.8. The average molecular weight is 392 g/mol. The first kappa shape index (κ1) is 19.7. The zero-order valence-electron chi connectivity index (χ0n) is 17.0. The van der Waals surface area contributed by atoms with Gasteiger partial charge in [-0.3, -0.25) is 0 Å². The second kappa shape index (κ2) is 8.00. The molecule has 0 saturated carbocycles. The topological polar surface area (TPSA) is 64.6 Å². The summed E-state index contributed by atoms with van der Waals surface area (Å²) in [6.07, 6.45) is 1.83. The SMILES string of the molecule is COC[C@H]1O[C@@H](C2=C[C@H]3O[C@@H]2c2c(OC)ccc(OC)c23)C[C@@H](OC)[C@@H]1OC. The van der Waals surface area contributed by atoms with Crippen LogP contribution in [0.3, 0.4) is 0 Å². The van der Waals surface area contributed by atoms with Crippen molar-refractivity contribution in [3.8, 4) is 11.5 Å². The van der Waals surface area contributed by atoms with Crippen LogP contribution in [0.15, 0.2) is 23.8 Å². The summed E-state index contributed by atoms with van der Waals surface area (Å²) in [5, 5.41) is 0. The summed E-state index contributed by atoms with van der Waals surface area (Å²) < 4.78 is 40.5. The zero-order valence-corrected chi connectivity index (χ0v) is 17.0. The largest absolute Gasteiger partial charge is 0.496 e. The van der Waals surface area contributed by atoms with Crippen LogP contribution in [0.1, 0.15) is 29.8 Å². The molecule has 4 rings (SSSR count). The lowest BCUT2D eigenvalue weighted by molar-refractivity contribution is -0.192. The van der Waals surface area contributed by atoms with Gasteiger partial charge in [0.05, 0.1) is 33.0 Å². The first-order valence-electron chi connectivity index (χ1n) is 9.48. The summed E-state index contributed by atoms with van der Waals surface area (Å²) in [4.78, 5) is 0. The van der Waals surface area contributed by atoms with Crippen molar-refractivity contribution < 1.29 is 33.2 Å². The van der Waals surface area contributed by atoms with Gasteiger partial charge in [-0.25, -0.2) is 0 Å². The first-order chi connectivity index (χ1) is 13.7. The van der Waals surface area contributed by atoms with Crippen molar-refractivity contribution in [1.29, 1.82) is 0 Å². The molecule has 1 saturated heterocycles. The van der Waals surface area contributed by atoms with Gasteiger partial charge in [-0.1, -0.05) is 0 Å². The molecule has 3 heterocycles. The summed E-state index contributed by atoms with van der Waals surface area (Å²) in [5.74, 6) is 1.62. The Kier molecular flexibility index (Phi) is 5.62. The van der Waals surface area contributed by atoms with Crippen LogP contribution in [0.5, 0.6) is 11.5 Å². The van der Waals surface area contributed by atoms with Crippen molar-refractivity contribution in [3.05, 3.63) is 34.9 Å². The number of benzene rings is 1. The fourth-order valence-electron chi connectivity index (χ4n) is 4.68. The number of hydrogen-bond donors (Lipinski definition) is 0. The lowest BCUT2D eigenvalue weighted by Gasteiger charge is -2.41. The molecule has 7 heteroatoms. The highest BCUT2D eigenvalue weighted by atomic mass is 16.6. The van der Waals surface area contributed by atoms with Crippen molar-refractivity contribution >= 4 is 0 Å². The van der Waals surface area contributed by atoms with Gasteiger partial charge in [0.25, 0.3) is 0 Å². The van der Waals surface area contributed by atoms with E-state index in [9.17, 15) is 0 Å². The quantitative estimate of drug-likeness (QED) is 0.661. The summed E-state index contributed by atoms with van der Waals surface area (Å²) in [6.45, 7) is 0.435. The van der Waals surface area contributed by atoms with Crippen molar-refractivity contribution in [2.75, 3.05) is 42.2 Å². The maximum atomic E-state index is 6.39. The third-order valence-corrected chi connectivity index (χ3v) is 5.92. The van der Waals surface area contributed by atoms with Crippen LogP contribution in [0.2, 0.25) is 0 Å². The third-order valence-electron chi connectivity index (χ3n) is 5.92. The van der Waals surface area contributed by atoms with Gasteiger partial charge < -0.3 is 33.2 Å². The highest BCUT2D eigenvalue weighted by Crippen LogP contribution is 2.57. The standard InChI is InChI=1S/C21H28O7/c1-22-10-17-21(26-5)16(25-4)9-14(27-17)11-8-15-18-12(23-2)6-7-13(24-3)19(18)20(11)28-15/h6-8,14-17,20-21H,9-10H2,1-5H3/t14-,15-,16-,17-,20+,21+/m1/s1. The monoisotopic (exact) mass is 392 g/mol. The van der Waals surface area contributed by atoms with E-state index in [0.29, 0.717) is 13.0 Å². The summed E-state index contributed by atoms with van der Waals surface area (Å²) in [6, 6.07) is 3.85. The minimum atomic E-state index is -0.217. The molecule has 0 amide bonds. The van der Waals surface area contributed by atoms with E-state index < -0.39 is 0 Å². The fraction of sp³-hybridized carbons (Fsp3) is 0.619. The molecule has 6 atom stereocenters. The molecular weight excluding hydrogens is 364 g/mol. The van der Waals surface area contributed by atoms with Crippen molar-refractivity contribution in [2.45, 2.75) is 43.0 Å². The Morgan fingerprint density at radius 1 is 0.929 bits per heavy atom. The van der Waals surface area contributed by atoms with E-state index in [1.54, 1.807) is 35.5 Å². The van der Waals surface area contributed by atoms with Gasteiger partial charge in [0, 0.05) is 38.9 Å². The normalized spacial score (nSPS) is 33.5. The molecule has 0 aromatic heterocycles. The lowest BCUT2D eigenvalue weighted by atomic mass is 9.84. The first-order valence-corrected chi connectivity index (χ1v) is 9.48. The second-order valence-electron chi connectivity index (χ2n) is 7.23. The molecule has 1 fully saturated rings. The van der Waals surface area contributed by atoms with E-state index in [1.165, 1.54) is 0 Å². The molecule has 2 bridgehead atoms. The van der Waals surface area contributed by atoms with Crippen LogP contribution >= 0.6 is 0 Å². The number of methoxy groups -OCH3 is 5. The predicted molar refractivity (Wildman–Crippen MR) is 101 cm³/mol. The predicted octanol–water partition coefficient (Wildman–Crippen LogP) is 2.59. The number of fused-ring (bicyclic) bond motifs is 5. The molecule has 1 aromatic rings. The Bertz CT molecular complexity index is 747. The smallest absolute Gasteiger partial charge is 0.125 e. The average Bonchev–Trinajstić information content (AvgIpc) is 3.32. The summed E-state index contributed by atoms with van der Waals surface area (Å²) in [7, 11) is 8.39. The molecule has 0 radical (unpaired) electrons. The Morgan fingerprint density at radius 2 is 1.64 bits per heavy atom. The van der Waals surface area contributed by atoms with E-state index in [-0.39, 0.29) is 36.6 Å². The molecule has 1 aromatic carbocycles. The van der Waals surface area contributed by atoms with Gasteiger partial charge in [-0.2, -0.15) is 0 Å². The van der Waals surface area contributed by atoms with Gasteiger partial charge >= 0.3 is 0 Å². The summed E-state index contributed by atoms with van der Waals surface area (Å²) >= 11 is 0. The van der Waals surface area contributed by atoms with Crippen molar-refractivity contribution in [2.24, 2.45) is 0 Å². The summed E-state index contributed by atoms with van der Waals surface area (Å²) in [5.41, 5.74) is 3.17. The van der Waals surface area contributed by atoms with Crippen LogP contribution in [0.25, 0.3) is 0 Å². The minimum Gasteiger partial charge on any atom is -0.496 e. The highest BCUT2D eigenvalue weighted by molar-refractivity contribution is 5.59. The Hall–Kier alpha value is -1.64. The number of hydrogen-bond acceptors (Lipinski definition) is 7. The van der Waals surface area contributed by atoms with Gasteiger partial charge in [0.1, 0.15) is 35.9 Å². The molecule has 3 aliphatic rings. The molecule has 3 aliphatic heterocycles.